The van der Waals surface area contributed by atoms with E-state index in [0.29, 0.717) is 0 Å². The highest BCUT2D eigenvalue weighted by Crippen LogP contribution is 2.36. The molecule has 0 amide bonds. The number of ether oxygens (including phenoxy) is 1. The van der Waals surface area contributed by atoms with Gasteiger partial charge in [0.15, 0.2) is 0 Å². The predicted octanol–water partition coefficient (Wildman–Crippen LogP) is 3.35. The van der Waals surface area contributed by atoms with E-state index in [1.165, 1.54) is 13.8 Å². The Bertz CT molecular complexity index is 857. The molecule has 152 valence electrons. The SMILES string of the molecule is CCOC(=O)c1c(OS(=O)(=O)C(F)(F)F)nc(NC(C)C)c(C(C)=N)c1Cl. The van der Waals surface area contributed by atoms with Crippen molar-refractivity contribution in [3.63, 3.8) is 0 Å². The fourth-order valence-corrected chi connectivity index (χ4v) is 2.66. The average Bonchev–Trinajstić information content (AvgIpc) is 2.44. The summed E-state index contributed by atoms with van der Waals surface area (Å²) in [6, 6.07) is -0.313. The molecule has 0 saturated carbocycles. The number of hydrogen-bond donors (Lipinski definition) is 2. The molecule has 27 heavy (non-hydrogen) atoms. The van der Waals surface area contributed by atoms with E-state index < -0.39 is 38.1 Å². The molecule has 0 atom stereocenters. The summed E-state index contributed by atoms with van der Waals surface area (Å²) in [5, 5.41) is 9.99. The van der Waals surface area contributed by atoms with Crippen LogP contribution in [0, 0.1) is 5.41 Å². The molecule has 0 aliphatic carbocycles. The van der Waals surface area contributed by atoms with Gasteiger partial charge in [-0.15, -0.1) is 0 Å². The van der Waals surface area contributed by atoms with Gasteiger partial charge in [-0.2, -0.15) is 26.6 Å². The van der Waals surface area contributed by atoms with E-state index in [4.69, 9.17) is 21.7 Å². The van der Waals surface area contributed by atoms with Crippen LogP contribution in [0.1, 0.15) is 43.6 Å². The van der Waals surface area contributed by atoms with Gasteiger partial charge in [0.2, 0.25) is 0 Å². The molecule has 13 heteroatoms. The Morgan fingerprint density at radius 1 is 1.33 bits per heavy atom. The summed E-state index contributed by atoms with van der Waals surface area (Å²) in [5.74, 6) is -2.67. The number of nitrogens with one attached hydrogen (secondary N) is 2. The number of carbonyl (C=O) groups is 1. The number of anilines is 1. The van der Waals surface area contributed by atoms with Crippen LogP contribution in [-0.4, -0.2) is 43.2 Å². The average molecular weight is 432 g/mol. The highest BCUT2D eigenvalue weighted by atomic mass is 35.5. The summed E-state index contributed by atoms with van der Waals surface area (Å²) in [4.78, 5) is 15.8. The lowest BCUT2D eigenvalue weighted by Gasteiger charge is -2.19. The van der Waals surface area contributed by atoms with Crippen LogP contribution in [0.15, 0.2) is 0 Å². The second kappa shape index (κ2) is 8.30. The zero-order valence-corrected chi connectivity index (χ0v) is 16.3. The summed E-state index contributed by atoms with van der Waals surface area (Å²) in [6.45, 7) is 5.86. The van der Waals surface area contributed by atoms with E-state index in [9.17, 15) is 26.4 Å². The Morgan fingerprint density at radius 2 is 1.89 bits per heavy atom. The summed E-state index contributed by atoms with van der Waals surface area (Å²) in [6.07, 6.45) is 0. The molecular formula is C14H17ClF3N3O5S. The number of carbonyl (C=O) groups excluding carboxylic acids is 1. The molecule has 1 heterocycles. The smallest absolute Gasteiger partial charge is 0.462 e. The Balaban J connectivity index is 3.79. The van der Waals surface area contributed by atoms with Gasteiger partial charge in [0.25, 0.3) is 5.88 Å². The Hall–Kier alpha value is -2.08. The fraction of sp³-hybridized carbons (Fsp3) is 0.500. The van der Waals surface area contributed by atoms with Crippen LogP contribution >= 0.6 is 11.6 Å². The molecule has 8 nitrogen and oxygen atoms in total. The first kappa shape index (κ1) is 23.0. The molecule has 0 bridgehead atoms. The Morgan fingerprint density at radius 3 is 2.30 bits per heavy atom. The lowest BCUT2D eigenvalue weighted by atomic mass is 10.1. The first-order chi connectivity index (χ1) is 12.2. The number of nitrogens with zero attached hydrogens (tertiary/aromatic N) is 1. The Kier molecular flexibility index (Phi) is 7.05. The van der Waals surface area contributed by atoms with Crippen LogP contribution in [-0.2, 0) is 14.9 Å². The molecular weight excluding hydrogens is 415 g/mol. The van der Waals surface area contributed by atoms with E-state index >= 15 is 0 Å². The van der Waals surface area contributed by atoms with Gasteiger partial charge < -0.3 is 19.6 Å². The monoisotopic (exact) mass is 431 g/mol. The zero-order valence-electron chi connectivity index (χ0n) is 14.7. The van der Waals surface area contributed by atoms with E-state index in [2.05, 4.69) is 14.5 Å². The van der Waals surface area contributed by atoms with Crippen LogP contribution in [0.2, 0.25) is 5.02 Å². The van der Waals surface area contributed by atoms with Gasteiger partial charge in [-0.25, -0.2) is 4.79 Å². The second-order valence-electron chi connectivity index (χ2n) is 5.46. The van der Waals surface area contributed by atoms with Crippen molar-refractivity contribution < 1.29 is 35.3 Å². The van der Waals surface area contributed by atoms with Gasteiger partial charge in [0, 0.05) is 11.8 Å². The van der Waals surface area contributed by atoms with Gasteiger partial charge in [-0.3, -0.25) is 0 Å². The first-order valence-corrected chi connectivity index (χ1v) is 9.25. The highest BCUT2D eigenvalue weighted by Gasteiger charge is 2.49. The molecule has 0 saturated heterocycles. The highest BCUT2D eigenvalue weighted by molar-refractivity contribution is 7.88. The summed E-state index contributed by atoms with van der Waals surface area (Å²) >= 11 is 6.09. The minimum atomic E-state index is -6.13. The molecule has 1 aromatic rings. The van der Waals surface area contributed by atoms with Crippen molar-refractivity contribution in [1.29, 1.82) is 5.41 Å². The third-order valence-electron chi connectivity index (χ3n) is 2.86. The minimum absolute atomic E-state index is 0.106. The standard InChI is InChI=1S/C14H17ClF3N3O5S/c1-5-25-13(22)9-10(15)8(7(4)19)11(20-6(2)3)21-12(9)26-27(23,24)14(16,17)18/h6,19H,5H2,1-4H3,(H,20,21). The molecule has 0 unspecified atom stereocenters. The molecule has 2 N–H and O–H groups in total. The molecule has 0 aromatic carbocycles. The van der Waals surface area contributed by atoms with Gasteiger partial charge in [0.1, 0.15) is 11.4 Å². The van der Waals surface area contributed by atoms with Crippen molar-refractivity contribution in [3.8, 4) is 5.88 Å². The number of rotatable bonds is 7. The van der Waals surface area contributed by atoms with Gasteiger partial charge >= 0.3 is 21.6 Å². The quantitative estimate of drug-likeness (QED) is 0.294. The van der Waals surface area contributed by atoms with Crippen molar-refractivity contribution in [1.82, 2.24) is 4.98 Å². The molecule has 0 aliphatic heterocycles. The molecule has 0 radical (unpaired) electrons. The predicted molar refractivity (Wildman–Crippen MR) is 92.1 cm³/mol. The lowest BCUT2D eigenvalue weighted by molar-refractivity contribution is -0.0501. The molecule has 0 aliphatic rings. The maximum Gasteiger partial charge on any atom is 0.534 e. The molecule has 0 fully saturated rings. The third-order valence-corrected chi connectivity index (χ3v) is 4.18. The number of aromatic nitrogens is 1. The number of hydrogen-bond acceptors (Lipinski definition) is 8. The van der Waals surface area contributed by atoms with Crippen molar-refractivity contribution in [2.45, 2.75) is 39.2 Å². The van der Waals surface area contributed by atoms with Crippen LogP contribution in [0.25, 0.3) is 0 Å². The van der Waals surface area contributed by atoms with Crippen LogP contribution < -0.4 is 9.50 Å². The second-order valence-corrected chi connectivity index (χ2v) is 7.37. The van der Waals surface area contributed by atoms with Crippen molar-refractivity contribution in [2.24, 2.45) is 0 Å². The maximum absolute atomic E-state index is 12.7. The topological polar surface area (TPSA) is 118 Å². The van der Waals surface area contributed by atoms with Gasteiger partial charge in [0.05, 0.1) is 17.2 Å². The van der Waals surface area contributed by atoms with Gasteiger partial charge in [-0.1, -0.05) is 11.6 Å². The fourth-order valence-electron chi connectivity index (χ4n) is 1.85. The lowest BCUT2D eigenvalue weighted by Crippen LogP contribution is -2.29. The van der Waals surface area contributed by atoms with Crippen LogP contribution in [0.3, 0.4) is 0 Å². The molecule has 1 rings (SSSR count). The minimum Gasteiger partial charge on any atom is -0.462 e. The van der Waals surface area contributed by atoms with Gasteiger partial charge in [-0.05, 0) is 27.7 Å². The maximum atomic E-state index is 12.7. The largest absolute Gasteiger partial charge is 0.534 e. The number of esters is 1. The first-order valence-electron chi connectivity index (χ1n) is 7.46. The van der Waals surface area contributed by atoms with E-state index in [1.54, 1.807) is 13.8 Å². The number of alkyl halides is 3. The summed E-state index contributed by atoms with van der Waals surface area (Å²) in [7, 11) is -6.13. The van der Waals surface area contributed by atoms with E-state index in [1.807, 2.05) is 0 Å². The summed E-state index contributed by atoms with van der Waals surface area (Å²) in [5.41, 5.74) is -6.87. The number of halogens is 4. The van der Waals surface area contributed by atoms with Crippen molar-refractivity contribution >= 4 is 39.2 Å². The van der Waals surface area contributed by atoms with Crippen LogP contribution in [0.4, 0.5) is 19.0 Å². The normalized spacial score (nSPS) is 12.0. The third kappa shape index (κ3) is 5.22. The zero-order chi connectivity index (χ0) is 21.2. The summed E-state index contributed by atoms with van der Waals surface area (Å²) < 4.78 is 69.5. The molecule has 0 spiro atoms. The molecule has 1 aromatic heterocycles. The van der Waals surface area contributed by atoms with Crippen molar-refractivity contribution in [3.05, 3.63) is 16.1 Å². The van der Waals surface area contributed by atoms with E-state index in [-0.39, 0.29) is 29.7 Å². The number of pyridine rings is 1. The van der Waals surface area contributed by atoms with Crippen LogP contribution in [0.5, 0.6) is 5.88 Å². The Labute approximate surface area is 158 Å². The van der Waals surface area contributed by atoms with Crippen molar-refractivity contribution in [2.75, 3.05) is 11.9 Å². The van der Waals surface area contributed by atoms with E-state index in [0.717, 1.165) is 0 Å².